The standard InChI is InChI=1S/C5H4N2O3S/c1-2(8)3-6-7-4(11-3)5(9)10/h1H3,(H,9,10). The number of hydrogen-bond donors (Lipinski definition) is 1. The van der Waals surface area contributed by atoms with E-state index in [1.54, 1.807) is 0 Å². The van der Waals surface area contributed by atoms with Crippen LogP contribution in [0.25, 0.3) is 0 Å². The number of nitrogens with zero attached hydrogens (tertiary/aromatic N) is 2. The number of Topliss-reactive ketones (excluding diaryl/α,β-unsaturated/α-hetero) is 1. The molecule has 0 aliphatic carbocycles. The Kier molecular flexibility index (Phi) is 1.95. The molecule has 0 amide bonds. The number of aromatic carboxylic acids is 1. The molecule has 0 aromatic carbocycles. The van der Waals surface area contributed by atoms with E-state index in [1.165, 1.54) is 6.92 Å². The summed E-state index contributed by atoms with van der Waals surface area (Å²) >= 11 is 0.778. The Morgan fingerprint density at radius 2 is 1.91 bits per heavy atom. The van der Waals surface area contributed by atoms with E-state index in [2.05, 4.69) is 10.2 Å². The van der Waals surface area contributed by atoms with Crippen molar-refractivity contribution in [3.8, 4) is 0 Å². The van der Waals surface area contributed by atoms with Crippen LogP contribution in [0.3, 0.4) is 0 Å². The number of carbonyl (C=O) groups is 2. The molecule has 0 bridgehead atoms. The Morgan fingerprint density at radius 3 is 2.18 bits per heavy atom. The molecule has 11 heavy (non-hydrogen) atoms. The van der Waals surface area contributed by atoms with Crippen molar-refractivity contribution in [1.82, 2.24) is 10.2 Å². The van der Waals surface area contributed by atoms with Crippen molar-refractivity contribution in [2.45, 2.75) is 6.92 Å². The zero-order valence-electron chi connectivity index (χ0n) is 5.57. The van der Waals surface area contributed by atoms with Crippen LogP contribution in [-0.2, 0) is 0 Å². The van der Waals surface area contributed by atoms with Gasteiger partial charge in [-0.05, 0) is 0 Å². The second-order valence-electron chi connectivity index (χ2n) is 1.77. The summed E-state index contributed by atoms with van der Waals surface area (Å²) in [5.41, 5.74) is 0. The van der Waals surface area contributed by atoms with Gasteiger partial charge in [0.1, 0.15) is 0 Å². The summed E-state index contributed by atoms with van der Waals surface area (Å²) in [6.07, 6.45) is 0. The number of ketones is 1. The lowest BCUT2D eigenvalue weighted by molar-refractivity contribution is 0.0695. The van der Waals surface area contributed by atoms with E-state index in [-0.39, 0.29) is 15.8 Å². The minimum Gasteiger partial charge on any atom is -0.476 e. The maximum absolute atomic E-state index is 10.6. The summed E-state index contributed by atoms with van der Waals surface area (Å²) in [4.78, 5) is 20.8. The molecule has 0 atom stereocenters. The van der Waals surface area contributed by atoms with Crippen LogP contribution in [0.1, 0.15) is 26.5 Å². The van der Waals surface area contributed by atoms with Crippen LogP contribution in [0, 0.1) is 0 Å². The summed E-state index contributed by atoms with van der Waals surface area (Å²) in [6.45, 7) is 1.31. The third-order valence-corrected chi connectivity index (χ3v) is 1.92. The summed E-state index contributed by atoms with van der Waals surface area (Å²) in [5.74, 6) is -1.43. The first kappa shape index (κ1) is 7.80. The van der Waals surface area contributed by atoms with Crippen molar-refractivity contribution in [1.29, 1.82) is 0 Å². The lowest BCUT2D eigenvalue weighted by Crippen LogP contribution is -1.93. The molecule has 1 heterocycles. The predicted molar refractivity (Wildman–Crippen MR) is 36.9 cm³/mol. The summed E-state index contributed by atoms with van der Waals surface area (Å²) < 4.78 is 0. The third kappa shape index (κ3) is 1.58. The molecule has 0 unspecified atom stereocenters. The van der Waals surface area contributed by atoms with E-state index in [0.717, 1.165) is 11.3 Å². The highest BCUT2D eigenvalue weighted by Gasteiger charge is 2.12. The Bertz CT molecular complexity index is 278. The predicted octanol–water partition coefficient (Wildman–Crippen LogP) is 0.439. The van der Waals surface area contributed by atoms with Crippen molar-refractivity contribution < 1.29 is 14.7 Å². The molecule has 5 nitrogen and oxygen atoms in total. The maximum atomic E-state index is 10.6. The van der Waals surface area contributed by atoms with Gasteiger partial charge in [-0.25, -0.2) is 4.79 Å². The minimum atomic E-state index is -1.16. The Morgan fingerprint density at radius 1 is 1.36 bits per heavy atom. The lowest BCUT2D eigenvalue weighted by Gasteiger charge is -1.78. The van der Waals surface area contributed by atoms with Crippen molar-refractivity contribution in [2.24, 2.45) is 0 Å². The highest BCUT2D eigenvalue weighted by atomic mass is 32.1. The first-order valence-electron chi connectivity index (χ1n) is 2.69. The van der Waals surface area contributed by atoms with Gasteiger partial charge in [-0.1, -0.05) is 11.3 Å². The number of aromatic nitrogens is 2. The van der Waals surface area contributed by atoms with Crippen molar-refractivity contribution in [2.75, 3.05) is 0 Å². The molecule has 0 saturated heterocycles. The summed E-state index contributed by atoms with van der Waals surface area (Å²) in [5, 5.41) is 15.0. The highest BCUT2D eigenvalue weighted by molar-refractivity contribution is 7.15. The molecular weight excluding hydrogens is 168 g/mol. The fourth-order valence-electron chi connectivity index (χ4n) is 0.452. The smallest absolute Gasteiger partial charge is 0.367 e. The van der Waals surface area contributed by atoms with Crippen LogP contribution in [0.2, 0.25) is 0 Å². The first-order chi connectivity index (χ1) is 5.11. The topological polar surface area (TPSA) is 80.2 Å². The number of carboxylic acids is 1. The second-order valence-corrected chi connectivity index (χ2v) is 2.75. The van der Waals surface area contributed by atoms with Crippen LogP contribution in [0.15, 0.2) is 0 Å². The highest BCUT2D eigenvalue weighted by Crippen LogP contribution is 2.09. The zero-order valence-corrected chi connectivity index (χ0v) is 6.38. The molecule has 0 radical (unpaired) electrons. The van der Waals surface area contributed by atoms with Crippen LogP contribution in [0.5, 0.6) is 0 Å². The zero-order chi connectivity index (χ0) is 8.43. The number of carboxylic acid groups (broad SMARTS) is 1. The molecule has 58 valence electrons. The van der Waals surface area contributed by atoms with Gasteiger partial charge in [-0.15, -0.1) is 10.2 Å². The van der Waals surface area contributed by atoms with E-state index < -0.39 is 5.97 Å². The molecule has 0 fully saturated rings. The number of hydrogen-bond acceptors (Lipinski definition) is 5. The van der Waals surface area contributed by atoms with Crippen LogP contribution >= 0.6 is 11.3 Å². The normalized spacial score (nSPS) is 9.55. The molecule has 0 aliphatic rings. The third-order valence-electron chi connectivity index (χ3n) is 0.909. The molecule has 1 rings (SSSR count). The van der Waals surface area contributed by atoms with Crippen molar-refractivity contribution >= 4 is 23.1 Å². The van der Waals surface area contributed by atoms with E-state index in [9.17, 15) is 9.59 Å². The van der Waals surface area contributed by atoms with Gasteiger partial charge in [-0.2, -0.15) is 0 Å². The SMILES string of the molecule is CC(=O)c1nnc(C(=O)O)s1. The second kappa shape index (κ2) is 2.75. The fraction of sp³-hybridized carbons (Fsp3) is 0.200. The monoisotopic (exact) mass is 172 g/mol. The fourth-order valence-corrected chi connectivity index (χ4v) is 1.03. The van der Waals surface area contributed by atoms with Crippen LogP contribution in [0.4, 0.5) is 0 Å². The minimum absolute atomic E-state index is 0.127. The Balaban J connectivity index is 2.99. The molecule has 0 saturated carbocycles. The van der Waals surface area contributed by atoms with Gasteiger partial charge in [0.25, 0.3) is 0 Å². The van der Waals surface area contributed by atoms with E-state index >= 15 is 0 Å². The van der Waals surface area contributed by atoms with Crippen molar-refractivity contribution in [3.63, 3.8) is 0 Å². The van der Waals surface area contributed by atoms with Gasteiger partial charge in [0.2, 0.25) is 5.01 Å². The average Bonchev–Trinajstić information content (AvgIpc) is 2.33. The van der Waals surface area contributed by atoms with Gasteiger partial charge in [0, 0.05) is 6.92 Å². The maximum Gasteiger partial charge on any atom is 0.367 e. The molecule has 1 N–H and O–H groups in total. The number of rotatable bonds is 2. The quantitative estimate of drug-likeness (QED) is 0.654. The van der Waals surface area contributed by atoms with Gasteiger partial charge < -0.3 is 5.11 Å². The van der Waals surface area contributed by atoms with Crippen molar-refractivity contribution in [3.05, 3.63) is 10.0 Å². The Labute approximate surface area is 65.7 Å². The van der Waals surface area contributed by atoms with E-state index in [4.69, 9.17) is 5.11 Å². The van der Waals surface area contributed by atoms with Gasteiger partial charge in [0.05, 0.1) is 0 Å². The van der Waals surface area contributed by atoms with Crippen LogP contribution in [-0.4, -0.2) is 27.1 Å². The van der Waals surface area contributed by atoms with E-state index in [1.807, 2.05) is 0 Å². The van der Waals surface area contributed by atoms with Gasteiger partial charge in [-0.3, -0.25) is 4.79 Å². The van der Waals surface area contributed by atoms with E-state index in [0.29, 0.717) is 0 Å². The first-order valence-corrected chi connectivity index (χ1v) is 3.50. The number of carbonyl (C=O) groups excluding carboxylic acids is 1. The van der Waals surface area contributed by atoms with Crippen LogP contribution < -0.4 is 0 Å². The molecule has 1 aromatic heterocycles. The Hall–Kier alpha value is -1.30. The molecule has 0 aliphatic heterocycles. The molecule has 6 heteroatoms. The molecular formula is C5H4N2O3S. The molecule has 0 spiro atoms. The largest absolute Gasteiger partial charge is 0.476 e. The lowest BCUT2D eigenvalue weighted by atomic mass is 10.5. The summed E-state index contributed by atoms with van der Waals surface area (Å²) in [7, 11) is 0. The molecule has 1 aromatic rings. The van der Waals surface area contributed by atoms with Gasteiger partial charge >= 0.3 is 5.97 Å². The average molecular weight is 172 g/mol. The van der Waals surface area contributed by atoms with Gasteiger partial charge in [0.15, 0.2) is 10.8 Å². The summed E-state index contributed by atoms with van der Waals surface area (Å²) in [6, 6.07) is 0.